The van der Waals surface area contributed by atoms with E-state index < -0.39 is 5.91 Å². The molecular weight excluding hydrogens is 454 g/mol. The Hall–Kier alpha value is -3.77. The molecule has 0 saturated carbocycles. The molecule has 0 bridgehead atoms. The van der Waals surface area contributed by atoms with Crippen molar-refractivity contribution in [3.05, 3.63) is 86.5 Å². The van der Waals surface area contributed by atoms with Crippen LogP contribution in [0.25, 0.3) is 22.3 Å². The third-order valence-corrected chi connectivity index (χ3v) is 5.69. The van der Waals surface area contributed by atoms with Gasteiger partial charge in [-0.1, -0.05) is 47.5 Å². The summed E-state index contributed by atoms with van der Waals surface area (Å²) in [6, 6.07) is 16.2. The molecule has 7 heteroatoms. The molecule has 0 aliphatic carbocycles. The van der Waals surface area contributed by atoms with E-state index in [0.717, 1.165) is 16.7 Å². The molecule has 34 heavy (non-hydrogen) atoms. The Bertz CT molecular complexity index is 1440. The minimum atomic E-state index is -0.448. The minimum absolute atomic E-state index is 0.00813. The van der Waals surface area contributed by atoms with Crippen molar-refractivity contribution in [2.24, 2.45) is 0 Å². The van der Waals surface area contributed by atoms with Gasteiger partial charge in [-0.15, -0.1) is 0 Å². The van der Waals surface area contributed by atoms with E-state index in [-0.39, 0.29) is 23.5 Å². The van der Waals surface area contributed by atoms with Gasteiger partial charge in [0.15, 0.2) is 12.4 Å². The Morgan fingerprint density at radius 1 is 1.00 bits per heavy atom. The normalized spacial score (nSPS) is 10.9. The van der Waals surface area contributed by atoms with Crippen molar-refractivity contribution in [3.8, 4) is 22.8 Å². The number of anilines is 1. The van der Waals surface area contributed by atoms with Gasteiger partial charge < -0.3 is 19.2 Å². The lowest BCUT2D eigenvalue weighted by atomic mass is 10.0. The average Bonchev–Trinajstić information content (AvgIpc) is 2.78. The first-order valence-corrected chi connectivity index (χ1v) is 11.1. The van der Waals surface area contributed by atoms with Gasteiger partial charge in [0, 0.05) is 11.3 Å². The van der Waals surface area contributed by atoms with Crippen LogP contribution in [0.3, 0.4) is 0 Å². The maximum absolute atomic E-state index is 13.5. The van der Waals surface area contributed by atoms with Gasteiger partial charge in [0.2, 0.25) is 11.2 Å². The summed E-state index contributed by atoms with van der Waals surface area (Å²) in [5.74, 6) is 0.322. The fraction of sp³-hybridized carbons (Fsp3) is 0.185. The fourth-order valence-electron chi connectivity index (χ4n) is 3.78. The smallest absolute Gasteiger partial charge is 0.262 e. The number of halogens is 1. The van der Waals surface area contributed by atoms with Crippen LogP contribution in [0.2, 0.25) is 5.02 Å². The molecule has 1 aromatic heterocycles. The summed E-state index contributed by atoms with van der Waals surface area (Å²) >= 11 is 6.13. The molecule has 1 N–H and O–H groups in total. The summed E-state index contributed by atoms with van der Waals surface area (Å²) in [5, 5.41) is 3.50. The van der Waals surface area contributed by atoms with Gasteiger partial charge in [-0.05, 0) is 56.2 Å². The lowest BCUT2D eigenvalue weighted by Crippen LogP contribution is -2.22. The number of aryl methyl sites for hydroxylation is 3. The van der Waals surface area contributed by atoms with Crippen molar-refractivity contribution < 1.29 is 18.7 Å². The number of carbonyl (C=O) groups is 1. The fourth-order valence-corrected chi connectivity index (χ4v) is 4.04. The maximum Gasteiger partial charge on any atom is 0.262 e. The van der Waals surface area contributed by atoms with Crippen LogP contribution < -0.4 is 20.2 Å². The largest absolute Gasteiger partial charge is 0.495 e. The van der Waals surface area contributed by atoms with E-state index in [1.54, 1.807) is 18.2 Å². The van der Waals surface area contributed by atoms with E-state index >= 15 is 0 Å². The molecule has 0 unspecified atom stereocenters. The van der Waals surface area contributed by atoms with Gasteiger partial charge >= 0.3 is 0 Å². The molecule has 0 radical (unpaired) electrons. The Morgan fingerprint density at radius 2 is 1.74 bits per heavy atom. The number of hydrogen-bond donors (Lipinski definition) is 1. The van der Waals surface area contributed by atoms with Crippen molar-refractivity contribution in [2.75, 3.05) is 19.0 Å². The summed E-state index contributed by atoms with van der Waals surface area (Å²) in [5.41, 5.74) is 4.14. The third kappa shape index (κ3) is 4.77. The molecule has 174 valence electrons. The Morgan fingerprint density at radius 3 is 2.41 bits per heavy atom. The van der Waals surface area contributed by atoms with Crippen molar-refractivity contribution in [3.63, 3.8) is 0 Å². The van der Waals surface area contributed by atoms with Gasteiger partial charge in [-0.2, -0.15) is 0 Å². The second-order valence-electron chi connectivity index (χ2n) is 8.10. The van der Waals surface area contributed by atoms with Crippen LogP contribution in [0.4, 0.5) is 5.69 Å². The predicted octanol–water partition coefficient (Wildman–Crippen LogP) is 6.06. The molecule has 0 aliphatic rings. The van der Waals surface area contributed by atoms with Gasteiger partial charge in [-0.25, -0.2) is 0 Å². The summed E-state index contributed by atoms with van der Waals surface area (Å²) < 4.78 is 17.1. The zero-order valence-electron chi connectivity index (χ0n) is 19.3. The van der Waals surface area contributed by atoms with Crippen molar-refractivity contribution in [1.82, 2.24) is 0 Å². The van der Waals surface area contributed by atoms with Gasteiger partial charge in [0.1, 0.15) is 11.3 Å². The Labute approximate surface area is 202 Å². The first-order valence-electron chi connectivity index (χ1n) is 10.7. The van der Waals surface area contributed by atoms with E-state index in [4.69, 9.17) is 25.5 Å². The number of fused-ring (bicyclic) bond motifs is 1. The van der Waals surface area contributed by atoms with E-state index in [1.807, 2.05) is 57.2 Å². The number of amides is 1. The predicted molar refractivity (Wildman–Crippen MR) is 134 cm³/mol. The standard InChI is InChI=1S/C27H24ClNO5/c1-15-5-7-18(8-6-15)26-27(25(31)24-17(3)11-16(2)12-22(24)34-26)33-14-23(30)29-19-9-10-21(32-4)20(28)13-19/h5-13H,14H2,1-4H3,(H,29,30). The molecule has 0 aliphatic heterocycles. The zero-order valence-corrected chi connectivity index (χ0v) is 20.1. The van der Waals surface area contributed by atoms with E-state index in [0.29, 0.717) is 33.0 Å². The van der Waals surface area contributed by atoms with Crippen LogP contribution in [-0.2, 0) is 4.79 Å². The summed E-state index contributed by atoms with van der Waals surface area (Å²) in [7, 11) is 1.51. The minimum Gasteiger partial charge on any atom is -0.495 e. The lowest BCUT2D eigenvalue weighted by Gasteiger charge is -2.13. The zero-order chi connectivity index (χ0) is 24.4. The van der Waals surface area contributed by atoms with Gasteiger partial charge in [0.05, 0.1) is 17.5 Å². The maximum atomic E-state index is 13.5. The number of ether oxygens (including phenoxy) is 2. The quantitative estimate of drug-likeness (QED) is 0.365. The van der Waals surface area contributed by atoms with Crippen LogP contribution >= 0.6 is 11.6 Å². The molecule has 0 saturated heterocycles. The molecule has 0 fully saturated rings. The molecular formula is C27H24ClNO5. The highest BCUT2D eigenvalue weighted by molar-refractivity contribution is 6.32. The van der Waals surface area contributed by atoms with Crippen molar-refractivity contribution >= 4 is 34.2 Å². The van der Waals surface area contributed by atoms with Crippen molar-refractivity contribution in [1.29, 1.82) is 0 Å². The van der Waals surface area contributed by atoms with Crippen molar-refractivity contribution in [2.45, 2.75) is 20.8 Å². The van der Waals surface area contributed by atoms with Gasteiger partial charge in [-0.3, -0.25) is 9.59 Å². The topological polar surface area (TPSA) is 77.8 Å². The lowest BCUT2D eigenvalue weighted by molar-refractivity contribution is -0.118. The second-order valence-corrected chi connectivity index (χ2v) is 8.50. The third-order valence-electron chi connectivity index (χ3n) is 5.39. The number of rotatable bonds is 6. The van der Waals surface area contributed by atoms with Crippen LogP contribution in [0.15, 0.2) is 63.8 Å². The SMILES string of the molecule is COc1ccc(NC(=O)COc2c(-c3ccc(C)cc3)oc3cc(C)cc(C)c3c2=O)cc1Cl. The highest BCUT2D eigenvalue weighted by Crippen LogP contribution is 2.33. The Balaban J connectivity index is 1.69. The highest BCUT2D eigenvalue weighted by Gasteiger charge is 2.20. The van der Waals surface area contributed by atoms with Crippen LogP contribution in [-0.4, -0.2) is 19.6 Å². The molecule has 1 heterocycles. The summed E-state index contributed by atoms with van der Waals surface area (Å²) in [6.45, 7) is 5.38. The number of hydrogen-bond acceptors (Lipinski definition) is 5. The van der Waals surface area contributed by atoms with Crippen LogP contribution in [0.5, 0.6) is 11.5 Å². The van der Waals surface area contributed by atoms with E-state index in [2.05, 4.69) is 5.32 Å². The summed E-state index contributed by atoms with van der Waals surface area (Å²) in [6.07, 6.45) is 0. The monoisotopic (exact) mass is 477 g/mol. The number of benzene rings is 3. The highest BCUT2D eigenvalue weighted by atomic mass is 35.5. The second kappa shape index (κ2) is 9.61. The number of methoxy groups -OCH3 is 1. The molecule has 0 atom stereocenters. The molecule has 0 spiro atoms. The number of carbonyl (C=O) groups excluding carboxylic acids is 1. The molecule has 3 aromatic carbocycles. The van der Waals surface area contributed by atoms with Gasteiger partial charge in [0.25, 0.3) is 5.91 Å². The van der Waals surface area contributed by atoms with E-state index in [9.17, 15) is 9.59 Å². The van der Waals surface area contributed by atoms with E-state index in [1.165, 1.54) is 7.11 Å². The van der Waals surface area contributed by atoms with Crippen LogP contribution in [0.1, 0.15) is 16.7 Å². The first kappa shape index (κ1) is 23.4. The van der Waals surface area contributed by atoms with Crippen LogP contribution in [0, 0.1) is 20.8 Å². The molecule has 4 rings (SSSR count). The summed E-state index contributed by atoms with van der Waals surface area (Å²) in [4.78, 5) is 26.0. The molecule has 1 amide bonds. The Kier molecular flexibility index (Phi) is 6.61. The average molecular weight is 478 g/mol. The number of nitrogens with one attached hydrogen (secondary N) is 1. The molecule has 6 nitrogen and oxygen atoms in total. The first-order chi connectivity index (χ1) is 16.3. The molecule has 4 aromatic rings.